The Balaban J connectivity index is 1.32. The van der Waals surface area contributed by atoms with Crippen molar-refractivity contribution in [2.75, 3.05) is 41.9 Å². The van der Waals surface area contributed by atoms with Crippen LogP contribution in [0.1, 0.15) is 5.56 Å². The third-order valence-corrected chi connectivity index (χ3v) is 5.16. The summed E-state index contributed by atoms with van der Waals surface area (Å²) in [5.74, 6) is 2.84. The van der Waals surface area contributed by atoms with Crippen LogP contribution in [0.2, 0.25) is 0 Å². The van der Waals surface area contributed by atoms with Crippen molar-refractivity contribution in [3.63, 3.8) is 0 Å². The van der Waals surface area contributed by atoms with Gasteiger partial charge in [0.1, 0.15) is 11.5 Å². The molecule has 0 spiro atoms. The van der Waals surface area contributed by atoms with E-state index < -0.39 is 0 Å². The highest BCUT2D eigenvalue weighted by Gasteiger charge is 2.16. The third-order valence-electron chi connectivity index (χ3n) is 5.16. The maximum atomic E-state index is 5.90. The van der Waals surface area contributed by atoms with Gasteiger partial charge in [-0.3, -0.25) is 0 Å². The fourth-order valence-corrected chi connectivity index (χ4v) is 3.47. The number of para-hydroxylation sites is 2. The average Bonchev–Trinajstić information content (AvgIpc) is 2.91. The van der Waals surface area contributed by atoms with Gasteiger partial charge in [-0.2, -0.15) is 20.1 Å². The van der Waals surface area contributed by atoms with E-state index >= 15 is 0 Å². The molecule has 1 saturated heterocycles. The van der Waals surface area contributed by atoms with Gasteiger partial charge in [0.25, 0.3) is 0 Å². The summed E-state index contributed by atoms with van der Waals surface area (Å²) in [4.78, 5) is 15.7. The zero-order valence-electron chi connectivity index (χ0n) is 19.0. The van der Waals surface area contributed by atoms with Gasteiger partial charge in [0.05, 0.1) is 19.4 Å². The van der Waals surface area contributed by atoms with Gasteiger partial charge < -0.3 is 19.7 Å². The van der Waals surface area contributed by atoms with Crippen molar-refractivity contribution in [3.05, 3.63) is 90.5 Å². The van der Waals surface area contributed by atoms with Gasteiger partial charge in [0.15, 0.2) is 0 Å². The van der Waals surface area contributed by atoms with E-state index in [4.69, 9.17) is 9.47 Å². The van der Waals surface area contributed by atoms with Crippen molar-refractivity contribution in [2.24, 2.45) is 5.10 Å². The summed E-state index contributed by atoms with van der Waals surface area (Å²) in [7, 11) is 0. The molecule has 0 aliphatic carbocycles. The Morgan fingerprint density at radius 2 is 1.51 bits per heavy atom. The molecule has 0 radical (unpaired) electrons. The lowest BCUT2D eigenvalue weighted by Gasteiger charge is -2.27. The summed E-state index contributed by atoms with van der Waals surface area (Å²) in [6.45, 7) is 2.70. The summed E-state index contributed by atoms with van der Waals surface area (Å²) in [6, 6.07) is 27.1. The van der Waals surface area contributed by atoms with E-state index in [0.29, 0.717) is 44.1 Å². The maximum Gasteiger partial charge on any atom is 0.250 e. The summed E-state index contributed by atoms with van der Waals surface area (Å²) in [5, 5.41) is 7.57. The number of hydrazone groups is 1. The number of aromatic nitrogens is 3. The monoisotopic (exact) mass is 467 g/mol. The van der Waals surface area contributed by atoms with Crippen LogP contribution in [0.4, 0.5) is 23.5 Å². The van der Waals surface area contributed by atoms with E-state index in [1.165, 1.54) is 0 Å². The van der Waals surface area contributed by atoms with Crippen LogP contribution < -0.4 is 20.4 Å². The maximum absolute atomic E-state index is 5.90. The number of hydrogen-bond acceptors (Lipinski definition) is 9. The van der Waals surface area contributed by atoms with E-state index in [0.717, 1.165) is 22.7 Å². The zero-order valence-corrected chi connectivity index (χ0v) is 19.0. The van der Waals surface area contributed by atoms with Crippen molar-refractivity contribution in [1.29, 1.82) is 0 Å². The molecule has 1 aromatic heterocycles. The predicted octanol–water partition coefficient (Wildman–Crippen LogP) is 4.69. The molecule has 9 nitrogen and oxygen atoms in total. The molecule has 3 aromatic carbocycles. The van der Waals surface area contributed by atoms with Gasteiger partial charge in [0.2, 0.25) is 17.8 Å². The topological polar surface area (TPSA) is 96.8 Å². The molecule has 35 heavy (non-hydrogen) atoms. The minimum absolute atomic E-state index is 0.341. The fraction of sp³-hybridized carbons (Fsp3) is 0.154. The second-order valence-corrected chi connectivity index (χ2v) is 7.73. The van der Waals surface area contributed by atoms with Crippen LogP contribution in [0.15, 0.2) is 90.0 Å². The van der Waals surface area contributed by atoms with Crippen molar-refractivity contribution in [1.82, 2.24) is 15.0 Å². The first-order valence-electron chi connectivity index (χ1n) is 11.3. The van der Waals surface area contributed by atoms with Gasteiger partial charge >= 0.3 is 0 Å². The SMILES string of the molecule is C(=N/Nc1nc(Nc2ccccc2)nc(N2CCOCC2)n1)/c1cccc(Oc2ccccc2)c1. The van der Waals surface area contributed by atoms with Crippen LogP contribution in [0.5, 0.6) is 11.5 Å². The largest absolute Gasteiger partial charge is 0.457 e. The van der Waals surface area contributed by atoms with Gasteiger partial charge in [-0.1, -0.05) is 48.5 Å². The van der Waals surface area contributed by atoms with Crippen molar-refractivity contribution in [2.45, 2.75) is 0 Å². The quantitative estimate of drug-likeness (QED) is 0.285. The van der Waals surface area contributed by atoms with Gasteiger partial charge in [0, 0.05) is 18.8 Å². The molecule has 0 amide bonds. The van der Waals surface area contributed by atoms with E-state index in [2.05, 4.69) is 35.7 Å². The lowest BCUT2D eigenvalue weighted by Crippen LogP contribution is -2.37. The molecule has 5 rings (SSSR count). The molecule has 2 N–H and O–H groups in total. The molecule has 0 saturated carbocycles. The van der Waals surface area contributed by atoms with Gasteiger partial charge in [-0.25, -0.2) is 5.43 Å². The Kier molecular flexibility index (Phi) is 7.06. The second-order valence-electron chi connectivity index (χ2n) is 7.73. The normalized spacial score (nSPS) is 13.5. The fourth-order valence-electron chi connectivity index (χ4n) is 3.47. The van der Waals surface area contributed by atoms with Crippen LogP contribution in [0.3, 0.4) is 0 Å². The molecule has 0 atom stereocenters. The number of anilines is 4. The number of hydrogen-bond donors (Lipinski definition) is 2. The molecular weight excluding hydrogens is 442 g/mol. The first kappa shape index (κ1) is 22.3. The van der Waals surface area contributed by atoms with Crippen molar-refractivity contribution >= 4 is 29.7 Å². The van der Waals surface area contributed by atoms with Crippen LogP contribution in [0, 0.1) is 0 Å². The molecule has 0 bridgehead atoms. The predicted molar refractivity (Wildman–Crippen MR) is 137 cm³/mol. The molecule has 2 heterocycles. The zero-order chi connectivity index (χ0) is 23.7. The van der Waals surface area contributed by atoms with Gasteiger partial charge in [-0.15, -0.1) is 0 Å². The minimum Gasteiger partial charge on any atom is -0.457 e. The van der Waals surface area contributed by atoms with E-state index in [1.54, 1.807) is 6.21 Å². The number of morpholine rings is 1. The summed E-state index contributed by atoms with van der Waals surface area (Å²) < 4.78 is 11.4. The Bertz CT molecular complexity index is 1260. The number of nitrogens with one attached hydrogen (secondary N) is 2. The molecular formula is C26H25N7O2. The first-order chi connectivity index (χ1) is 17.3. The first-order valence-corrected chi connectivity index (χ1v) is 11.3. The number of nitrogens with zero attached hydrogens (tertiary/aromatic N) is 5. The molecule has 9 heteroatoms. The number of rotatable bonds is 8. The Labute approximate surface area is 203 Å². The van der Waals surface area contributed by atoms with E-state index in [1.807, 2.05) is 84.9 Å². The van der Waals surface area contributed by atoms with Crippen molar-refractivity contribution < 1.29 is 9.47 Å². The smallest absolute Gasteiger partial charge is 0.250 e. The molecule has 1 aliphatic rings. The summed E-state index contributed by atoms with van der Waals surface area (Å²) in [5.41, 5.74) is 4.69. The Morgan fingerprint density at radius 1 is 0.800 bits per heavy atom. The van der Waals surface area contributed by atoms with E-state index in [-0.39, 0.29) is 0 Å². The van der Waals surface area contributed by atoms with Crippen molar-refractivity contribution in [3.8, 4) is 11.5 Å². The molecule has 176 valence electrons. The van der Waals surface area contributed by atoms with Crippen LogP contribution in [-0.4, -0.2) is 47.5 Å². The average molecular weight is 468 g/mol. The highest BCUT2D eigenvalue weighted by atomic mass is 16.5. The Morgan fingerprint density at radius 3 is 2.31 bits per heavy atom. The molecule has 1 fully saturated rings. The molecule has 0 unspecified atom stereocenters. The highest BCUT2D eigenvalue weighted by Crippen LogP contribution is 2.22. The van der Waals surface area contributed by atoms with Crippen LogP contribution in [-0.2, 0) is 4.74 Å². The lowest BCUT2D eigenvalue weighted by molar-refractivity contribution is 0.122. The van der Waals surface area contributed by atoms with Gasteiger partial charge in [-0.05, 0) is 42.0 Å². The molecule has 1 aliphatic heterocycles. The highest BCUT2D eigenvalue weighted by molar-refractivity contribution is 5.80. The van der Waals surface area contributed by atoms with E-state index in [9.17, 15) is 0 Å². The third kappa shape index (κ3) is 6.30. The van der Waals surface area contributed by atoms with Crippen LogP contribution >= 0.6 is 0 Å². The standard InChI is InChI=1S/C26H25N7O2/c1-3-9-21(10-4-1)28-24-29-25(31-26(30-24)33-14-16-34-17-15-33)32-27-19-20-8-7-13-23(18-20)35-22-11-5-2-6-12-22/h1-13,18-19H,14-17H2,(H2,28,29,30,31,32)/b27-19-. The summed E-state index contributed by atoms with van der Waals surface area (Å²) >= 11 is 0. The number of benzene rings is 3. The minimum atomic E-state index is 0.341. The summed E-state index contributed by atoms with van der Waals surface area (Å²) in [6.07, 6.45) is 1.69. The number of ether oxygens (including phenoxy) is 2. The Hall–Kier alpha value is -4.50. The second kappa shape index (κ2) is 11.1. The van der Waals surface area contributed by atoms with Crippen LogP contribution in [0.25, 0.3) is 0 Å². The lowest BCUT2D eigenvalue weighted by atomic mass is 10.2. The molecule has 4 aromatic rings.